The van der Waals surface area contributed by atoms with Gasteiger partial charge in [0.25, 0.3) is 5.91 Å². The normalized spacial score (nSPS) is 9.61. The monoisotopic (exact) mass is 563 g/mol. The molecule has 0 spiro atoms. The van der Waals surface area contributed by atoms with Crippen LogP contribution in [0.25, 0.3) is 0 Å². The van der Waals surface area contributed by atoms with E-state index in [0.29, 0.717) is 5.56 Å². The predicted molar refractivity (Wildman–Crippen MR) is 141 cm³/mol. The number of nitrogens with one attached hydrogen (secondary N) is 1. The Hall–Kier alpha value is -0.880. The van der Waals surface area contributed by atoms with E-state index in [4.69, 9.17) is 24.4 Å². The molecule has 28 heavy (non-hydrogen) atoms. The lowest BCUT2D eigenvalue weighted by Crippen LogP contribution is -2.18. The molecule has 0 radical (unpaired) electrons. The largest absolute Gasteiger partial charge is 0.363 e. The highest BCUT2D eigenvalue weighted by atomic mass is 127. The Balaban J connectivity index is 0.000000295. The van der Waals surface area contributed by atoms with Crippen molar-refractivity contribution >= 4 is 88.9 Å². The van der Waals surface area contributed by atoms with Crippen molar-refractivity contribution in [2.24, 2.45) is 0 Å². The molecule has 0 aliphatic carbocycles. The molecular formula is C19H22IN3OS4. The highest BCUT2D eigenvalue weighted by Gasteiger charge is 2.08. The van der Waals surface area contributed by atoms with Gasteiger partial charge in [-0.05, 0) is 68.4 Å². The van der Waals surface area contributed by atoms with Gasteiger partial charge in [-0.2, -0.15) is 0 Å². The molecule has 9 heteroatoms. The number of halogens is 1. The van der Waals surface area contributed by atoms with Gasteiger partial charge in [0.15, 0.2) is 0 Å². The zero-order chi connectivity index (χ0) is 21.1. The summed E-state index contributed by atoms with van der Waals surface area (Å²) in [7, 11) is 10.7. The minimum atomic E-state index is -0.0730. The summed E-state index contributed by atoms with van der Waals surface area (Å²) in [5, 5.41) is 2.86. The maximum atomic E-state index is 11.9. The minimum absolute atomic E-state index is 0.0730. The second-order valence-electron chi connectivity index (χ2n) is 5.79. The fourth-order valence-corrected chi connectivity index (χ4v) is 4.59. The fourth-order valence-electron chi connectivity index (χ4n) is 1.59. The maximum absolute atomic E-state index is 11.9. The number of carbonyl (C=O) groups excluding carboxylic acids is 1. The van der Waals surface area contributed by atoms with Crippen LogP contribution in [0.1, 0.15) is 10.4 Å². The molecule has 4 nitrogen and oxygen atoms in total. The van der Waals surface area contributed by atoms with Crippen molar-refractivity contribution in [3.63, 3.8) is 0 Å². The standard InChI is InChI=1S/C13H10INO.C6H12N2S4/c14-12-9-5-4-8-11(12)13(16)15-10-6-2-1-3-7-10;1-7(2)5(9)11-12-6(10)8(3)4/h1-9H,(H,15,16);1-4H3. The van der Waals surface area contributed by atoms with Crippen LogP contribution in [0.3, 0.4) is 0 Å². The fraction of sp³-hybridized carbons (Fsp3) is 0.211. The van der Waals surface area contributed by atoms with Gasteiger partial charge in [0, 0.05) is 37.4 Å². The zero-order valence-corrected chi connectivity index (χ0v) is 21.4. The van der Waals surface area contributed by atoms with E-state index in [1.54, 1.807) is 0 Å². The van der Waals surface area contributed by atoms with Crippen LogP contribution in [0, 0.1) is 3.57 Å². The van der Waals surface area contributed by atoms with Crippen LogP contribution in [0.5, 0.6) is 0 Å². The smallest absolute Gasteiger partial charge is 0.256 e. The second-order valence-corrected chi connectivity index (χ2v) is 10.3. The number of rotatable bonds is 2. The quantitative estimate of drug-likeness (QED) is 0.290. The van der Waals surface area contributed by atoms with Crippen molar-refractivity contribution in [2.45, 2.75) is 0 Å². The lowest BCUT2D eigenvalue weighted by molar-refractivity contribution is 0.102. The van der Waals surface area contributed by atoms with Crippen molar-refractivity contribution in [1.82, 2.24) is 9.80 Å². The molecule has 150 valence electrons. The molecular weight excluding hydrogens is 541 g/mol. The Bertz CT molecular complexity index is 781. The number of nitrogens with zero attached hydrogens (tertiary/aromatic N) is 2. The lowest BCUT2D eigenvalue weighted by atomic mass is 10.2. The van der Waals surface area contributed by atoms with E-state index in [0.717, 1.165) is 17.9 Å². The van der Waals surface area contributed by atoms with E-state index in [2.05, 4.69) is 27.9 Å². The van der Waals surface area contributed by atoms with Crippen LogP contribution < -0.4 is 5.32 Å². The van der Waals surface area contributed by atoms with E-state index >= 15 is 0 Å². The number of carbonyl (C=O) groups is 1. The molecule has 1 amide bonds. The first-order valence-corrected chi connectivity index (χ1v) is 12.1. The van der Waals surface area contributed by atoms with Crippen LogP contribution >= 0.6 is 68.6 Å². The van der Waals surface area contributed by atoms with Crippen molar-refractivity contribution in [3.05, 3.63) is 63.7 Å². The van der Waals surface area contributed by atoms with Gasteiger partial charge >= 0.3 is 0 Å². The summed E-state index contributed by atoms with van der Waals surface area (Å²) in [4.78, 5) is 15.7. The van der Waals surface area contributed by atoms with Gasteiger partial charge in [-0.25, -0.2) is 0 Å². The third-order valence-corrected chi connectivity index (χ3v) is 8.16. The average molecular weight is 564 g/mol. The zero-order valence-electron chi connectivity index (χ0n) is 16.0. The molecule has 0 heterocycles. The van der Waals surface area contributed by atoms with Gasteiger partial charge in [0.2, 0.25) is 0 Å². The number of hydrogen-bond acceptors (Lipinski definition) is 5. The third kappa shape index (κ3) is 9.55. The summed E-state index contributed by atoms with van der Waals surface area (Å²) in [5.74, 6) is -0.0730. The first-order chi connectivity index (χ1) is 13.2. The number of para-hydroxylation sites is 1. The molecule has 0 bridgehead atoms. The van der Waals surface area contributed by atoms with Gasteiger partial charge in [-0.15, -0.1) is 0 Å². The van der Waals surface area contributed by atoms with Gasteiger partial charge in [-0.1, -0.05) is 54.8 Å². The van der Waals surface area contributed by atoms with Crippen molar-refractivity contribution in [2.75, 3.05) is 33.5 Å². The summed E-state index contributed by atoms with van der Waals surface area (Å²) in [6.07, 6.45) is 0. The molecule has 0 saturated carbocycles. The molecule has 0 aliphatic rings. The third-order valence-electron chi connectivity index (χ3n) is 3.06. The van der Waals surface area contributed by atoms with Crippen molar-refractivity contribution < 1.29 is 4.79 Å². The predicted octanol–water partition coefficient (Wildman–Crippen LogP) is 5.60. The van der Waals surface area contributed by atoms with Crippen LogP contribution in [0.15, 0.2) is 54.6 Å². The molecule has 0 fully saturated rings. The van der Waals surface area contributed by atoms with E-state index in [1.807, 2.05) is 92.6 Å². The van der Waals surface area contributed by atoms with Crippen molar-refractivity contribution in [3.8, 4) is 0 Å². The second kappa shape index (κ2) is 13.4. The van der Waals surface area contributed by atoms with Gasteiger partial charge in [-0.3, -0.25) is 4.79 Å². The first kappa shape index (κ1) is 25.2. The van der Waals surface area contributed by atoms with Gasteiger partial charge in [0.1, 0.15) is 8.64 Å². The van der Waals surface area contributed by atoms with Crippen LogP contribution in [0.2, 0.25) is 0 Å². The molecule has 0 saturated heterocycles. The first-order valence-electron chi connectivity index (χ1n) is 8.10. The number of thiocarbonyl (C=S) groups is 2. The molecule has 0 atom stereocenters. The summed E-state index contributed by atoms with van der Waals surface area (Å²) in [6.45, 7) is 0. The maximum Gasteiger partial charge on any atom is 0.256 e. The Kier molecular flexibility index (Phi) is 12.0. The molecule has 0 unspecified atom stereocenters. The molecule has 0 aliphatic heterocycles. The van der Waals surface area contributed by atoms with E-state index in [1.165, 1.54) is 21.6 Å². The number of anilines is 1. The van der Waals surface area contributed by atoms with Gasteiger partial charge < -0.3 is 15.1 Å². The van der Waals surface area contributed by atoms with E-state index < -0.39 is 0 Å². The molecule has 2 aromatic carbocycles. The van der Waals surface area contributed by atoms with Crippen molar-refractivity contribution in [1.29, 1.82) is 0 Å². The lowest BCUT2D eigenvalue weighted by Gasteiger charge is -2.15. The summed E-state index contributed by atoms with van der Waals surface area (Å²) >= 11 is 12.3. The number of hydrogen-bond donors (Lipinski definition) is 1. The Labute approximate surface area is 199 Å². The van der Waals surface area contributed by atoms with Crippen LogP contribution in [-0.2, 0) is 0 Å². The average Bonchev–Trinajstić information content (AvgIpc) is 2.67. The number of benzene rings is 2. The molecule has 2 rings (SSSR count). The molecule has 1 N–H and O–H groups in total. The van der Waals surface area contributed by atoms with Crippen LogP contribution in [-0.4, -0.2) is 52.5 Å². The molecule has 0 aromatic heterocycles. The van der Waals surface area contributed by atoms with Crippen LogP contribution in [0.4, 0.5) is 5.69 Å². The Morgan fingerprint density at radius 3 is 1.79 bits per heavy atom. The molecule has 2 aromatic rings. The SMILES string of the molecule is CN(C)C(=S)SSC(=S)N(C)C.O=C(Nc1ccccc1)c1ccccc1I. The highest BCUT2D eigenvalue weighted by molar-refractivity contribution is 14.1. The van der Waals surface area contributed by atoms with Gasteiger partial charge in [0.05, 0.1) is 5.56 Å². The summed E-state index contributed by atoms with van der Waals surface area (Å²) in [6, 6.07) is 17.0. The summed E-state index contributed by atoms with van der Waals surface area (Å²) < 4.78 is 2.63. The Morgan fingerprint density at radius 1 is 0.857 bits per heavy atom. The minimum Gasteiger partial charge on any atom is -0.363 e. The summed E-state index contributed by atoms with van der Waals surface area (Å²) in [5.41, 5.74) is 1.51. The number of amides is 1. The highest BCUT2D eigenvalue weighted by Crippen LogP contribution is 2.26. The topological polar surface area (TPSA) is 35.6 Å². The van der Waals surface area contributed by atoms with E-state index in [9.17, 15) is 4.79 Å². The van der Waals surface area contributed by atoms with E-state index in [-0.39, 0.29) is 5.91 Å². The Morgan fingerprint density at radius 2 is 1.32 bits per heavy atom.